The van der Waals surface area contributed by atoms with Crippen LogP contribution in [0.2, 0.25) is 0 Å². The number of pyridine rings is 1. The molecular weight excluding hydrogens is 439 g/mol. The molecule has 0 radical (unpaired) electrons. The number of ether oxygens (including phenoxy) is 2. The molecule has 172 valence electrons. The molecule has 1 aromatic carbocycles. The Labute approximate surface area is 186 Å². The van der Waals surface area contributed by atoms with Crippen molar-refractivity contribution in [2.24, 2.45) is 0 Å². The number of benzene rings is 1. The first kappa shape index (κ1) is 21.1. The van der Waals surface area contributed by atoms with E-state index in [9.17, 15) is 18.0 Å². The molecule has 3 aromatic rings. The van der Waals surface area contributed by atoms with Crippen molar-refractivity contribution in [2.75, 3.05) is 44.3 Å². The molecule has 1 amide bonds. The van der Waals surface area contributed by atoms with Crippen LogP contribution in [-0.4, -0.2) is 65.4 Å². The average molecular weight is 459 g/mol. The minimum atomic E-state index is -4.42. The number of aromatic nitrogens is 3. The molecule has 5 rings (SSSR count). The Morgan fingerprint density at radius 1 is 0.970 bits per heavy atom. The zero-order chi connectivity index (χ0) is 23.0. The first-order valence-corrected chi connectivity index (χ1v) is 10.4. The summed E-state index contributed by atoms with van der Waals surface area (Å²) in [5, 5.41) is 6.95. The molecule has 0 unspecified atom stereocenters. The second-order valence-corrected chi connectivity index (χ2v) is 7.70. The van der Waals surface area contributed by atoms with Gasteiger partial charge in [0, 0.05) is 37.9 Å². The lowest BCUT2D eigenvalue weighted by Crippen LogP contribution is -2.49. The summed E-state index contributed by atoms with van der Waals surface area (Å²) in [5.74, 6) is 1.55. The maximum atomic E-state index is 13.2. The van der Waals surface area contributed by atoms with Gasteiger partial charge in [-0.15, -0.1) is 0 Å². The van der Waals surface area contributed by atoms with E-state index < -0.39 is 11.7 Å². The number of aromatic amines is 1. The van der Waals surface area contributed by atoms with Gasteiger partial charge in [0.25, 0.3) is 5.91 Å². The minimum absolute atomic E-state index is 0.173. The fourth-order valence-electron chi connectivity index (χ4n) is 3.92. The van der Waals surface area contributed by atoms with E-state index in [4.69, 9.17) is 9.47 Å². The quantitative estimate of drug-likeness (QED) is 0.648. The van der Waals surface area contributed by atoms with Crippen molar-refractivity contribution in [1.82, 2.24) is 20.1 Å². The summed E-state index contributed by atoms with van der Waals surface area (Å²) in [5.41, 5.74) is 0.996. The largest absolute Gasteiger partial charge is 0.486 e. The van der Waals surface area contributed by atoms with Gasteiger partial charge in [-0.05, 0) is 30.3 Å². The van der Waals surface area contributed by atoms with E-state index in [1.54, 1.807) is 11.0 Å². The van der Waals surface area contributed by atoms with E-state index in [-0.39, 0.29) is 5.91 Å². The van der Waals surface area contributed by atoms with Crippen LogP contribution >= 0.6 is 0 Å². The summed E-state index contributed by atoms with van der Waals surface area (Å²) in [4.78, 5) is 20.7. The number of carbonyl (C=O) groups excluding carboxylic acids is 1. The number of carbonyl (C=O) groups is 1. The highest BCUT2D eigenvalue weighted by molar-refractivity contribution is 6.00. The number of rotatable bonds is 3. The smallest absolute Gasteiger partial charge is 0.417 e. The molecule has 0 spiro atoms. The van der Waals surface area contributed by atoms with E-state index >= 15 is 0 Å². The number of halogens is 3. The fraction of sp³-hybridized carbons (Fsp3) is 0.318. The summed E-state index contributed by atoms with van der Waals surface area (Å²) >= 11 is 0. The van der Waals surface area contributed by atoms with Gasteiger partial charge in [0.05, 0.1) is 23.0 Å². The Morgan fingerprint density at radius 3 is 2.42 bits per heavy atom. The molecule has 1 fully saturated rings. The van der Waals surface area contributed by atoms with Crippen LogP contribution < -0.4 is 14.4 Å². The van der Waals surface area contributed by atoms with Crippen molar-refractivity contribution in [3.05, 3.63) is 53.9 Å². The molecule has 1 N–H and O–H groups in total. The van der Waals surface area contributed by atoms with Crippen LogP contribution in [-0.2, 0) is 6.18 Å². The van der Waals surface area contributed by atoms with E-state index in [1.807, 2.05) is 17.0 Å². The molecule has 0 saturated carbocycles. The number of anilines is 1. The van der Waals surface area contributed by atoms with Gasteiger partial charge in [0.2, 0.25) is 0 Å². The van der Waals surface area contributed by atoms with E-state index in [0.717, 1.165) is 17.8 Å². The second kappa shape index (κ2) is 8.30. The number of hydrogen-bond donors (Lipinski definition) is 1. The Bertz CT molecular complexity index is 1150. The Kier molecular flexibility index (Phi) is 5.31. The molecule has 2 aliphatic heterocycles. The lowest BCUT2D eigenvalue weighted by Gasteiger charge is -2.35. The van der Waals surface area contributed by atoms with Crippen LogP contribution in [0.3, 0.4) is 0 Å². The first-order chi connectivity index (χ1) is 15.9. The number of H-pyrrole nitrogens is 1. The SMILES string of the molecule is O=C(c1cn[nH]c1-c1ccc2c(c1)OCCO2)N1CCN(c2ccc(C(F)(F)F)cn2)CC1. The Morgan fingerprint density at radius 2 is 1.73 bits per heavy atom. The standard InChI is InChI=1S/C22H20F3N5O3/c23-22(24,25)15-2-4-19(26-12-15)29-5-7-30(8-6-29)21(31)16-13-27-28-20(16)14-1-3-17-18(11-14)33-10-9-32-17/h1-4,11-13H,5-10H2,(H,27,28). The van der Waals surface area contributed by atoms with Gasteiger partial charge in [0.1, 0.15) is 19.0 Å². The van der Waals surface area contributed by atoms with Crippen LogP contribution in [0.15, 0.2) is 42.7 Å². The Hall–Kier alpha value is -3.76. The van der Waals surface area contributed by atoms with Crippen molar-refractivity contribution in [1.29, 1.82) is 0 Å². The maximum Gasteiger partial charge on any atom is 0.417 e. The third kappa shape index (κ3) is 4.18. The number of piperazine rings is 1. The molecular formula is C22H20F3N5O3. The predicted octanol–water partition coefficient (Wildman–Crippen LogP) is 3.22. The highest BCUT2D eigenvalue weighted by Crippen LogP contribution is 2.35. The fourth-order valence-corrected chi connectivity index (χ4v) is 3.92. The van der Waals surface area contributed by atoms with Gasteiger partial charge in [-0.3, -0.25) is 9.89 Å². The summed E-state index contributed by atoms with van der Waals surface area (Å²) in [6, 6.07) is 7.83. The van der Waals surface area contributed by atoms with Crippen LogP contribution in [0.25, 0.3) is 11.3 Å². The van der Waals surface area contributed by atoms with Crippen molar-refractivity contribution in [3.8, 4) is 22.8 Å². The topological polar surface area (TPSA) is 83.6 Å². The van der Waals surface area contributed by atoms with Crippen LogP contribution in [0, 0.1) is 0 Å². The van der Waals surface area contributed by atoms with Crippen molar-refractivity contribution < 1.29 is 27.4 Å². The first-order valence-electron chi connectivity index (χ1n) is 10.4. The molecule has 2 aliphatic rings. The molecule has 33 heavy (non-hydrogen) atoms. The van der Waals surface area contributed by atoms with Crippen molar-refractivity contribution >= 4 is 11.7 Å². The molecule has 2 aromatic heterocycles. The molecule has 8 nitrogen and oxygen atoms in total. The minimum Gasteiger partial charge on any atom is -0.486 e. The lowest BCUT2D eigenvalue weighted by atomic mass is 10.1. The van der Waals surface area contributed by atoms with E-state index in [0.29, 0.717) is 68.0 Å². The summed E-state index contributed by atoms with van der Waals surface area (Å²) < 4.78 is 49.4. The van der Waals surface area contributed by atoms with Crippen molar-refractivity contribution in [3.63, 3.8) is 0 Å². The normalized spacial score (nSPS) is 16.1. The lowest BCUT2D eigenvalue weighted by molar-refractivity contribution is -0.137. The molecule has 0 bridgehead atoms. The monoisotopic (exact) mass is 459 g/mol. The van der Waals surface area contributed by atoms with Gasteiger partial charge in [-0.2, -0.15) is 18.3 Å². The third-order valence-corrected chi connectivity index (χ3v) is 5.67. The zero-order valence-electron chi connectivity index (χ0n) is 17.4. The van der Waals surface area contributed by atoms with Crippen LogP contribution in [0.4, 0.5) is 19.0 Å². The van der Waals surface area contributed by atoms with E-state index in [1.165, 1.54) is 12.3 Å². The molecule has 0 aliphatic carbocycles. The second-order valence-electron chi connectivity index (χ2n) is 7.70. The number of amides is 1. The van der Waals surface area contributed by atoms with Crippen LogP contribution in [0.5, 0.6) is 11.5 Å². The van der Waals surface area contributed by atoms with E-state index in [2.05, 4.69) is 15.2 Å². The zero-order valence-corrected chi connectivity index (χ0v) is 17.4. The maximum absolute atomic E-state index is 13.2. The Balaban J connectivity index is 1.27. The van der Waals surface area contributed by atoms with Crippen molar-refractivity contribution in [2.45, 2.75) is 6.18 Å². The number of alkyl halides is 3. The molecule has 11 heteroatoms. The number of nitrogens with zero attached hydrogens (tertiary/aromatic N) is 4. The average Bonchev–Trinajstić information content (AvgIpc) is 3.33. The predicted molar refractivity (Wildman–Crippen MR) is 112 cm³/mol. The number of nitrogens with one attached hydrogen (secondary N) is 1. The molecule has 1 saturated heterocycles. The van der Waals surface area contributed by atoms with Gasteiger partial charge in [-0.25, -0.2) is 4.98 Å². The van der Waals surface area contributed by atoms with Crippen LogP contribution in [0.1, 0.15) is 15.9 Å². The number of fused-ring (bicyclic) bond motifs is 1. The van der Waals surface area contributed by atoms with Gasteiger partial charge in [-0.1, -0.05) is 0 Å². The summed E-state index contributed by atoms with van der Waals surface area (Å²) in [6.45, 7) is 2.70. The summed E-state index contributed by atoms with van der Waals surface area (Å²) in [6.07, 6.45) is -2.09. The summed E-state index contributed by atoms with van der Waals surface area (Å²) in [7, 11) is 0. The molecule has 4 heterocycles. The molecule has 0 atom stereocenters. The van der Waals surface area contributed by atoms with Gasteiger partial charge in [0.15, 0.2) is 11.5 Å². The van der Waals surface area contributed by atoms with Gasteiger partial charge >= 0.3 is 6.18 Å². The highest BCUT2D eigenvalue weighted by atomic mass is 19.4. The van der Waals surface area contributed by atoms with Gasteiger partial charge < -0.3 is 19.3 Å². The highest BCUT2D eigenvalue weighted by Gasteiger charge is 2.31. The number of hydrogen-bond acceptors (Lipinski definition) is 6. The third-order valence-electron chi connectivity index (χ3n) is 5.67.